The van der Waals surface area contributed by atoms with E-state index in [1.54, 1.807) is 24.6 Å². The maximum atomic E-state index is 13.0. The number of nitrogens with one attached hydrogen (secondary N) is 2. The molecule has 0 spiro atoms. The number of aliphatic imine (C=N–C) groups is 1. The summed E-state index contributed by atoms with van der Waals surface area (Å²) >= 11 is 0. The lowest BCUT2D eigenvalue weighted by molar-refractivity contribution is 0.0693. The molecular formula is C20H14N4O3. The summed E-state index contributed by atoms with van der Waals surface area (Å²) in [5.41, 5.74) is 4.28. The zero-order chi connectivity index (χ0) is 18.4. The molecule has 132 valence electrons. The van der Waals surface area contributed by atoms with E-state index in [4.69, 9.17) is 0 Å². The molecular weight excluding hydrogens is 344 g/mol. The van der Waals surface area contributed by atoms with Crippen molar-refractivity contribution in [3.05, 3.63) is 51.4 Å². The van der Waals surface area contributed by atoms with E-state index in [9.17, 15) is 14.7 Å². The molecule has 1 atom stereocenters. The second kappa shape index (κ2) is 4.56. The Labute approximate surface area is 152 Å². The van der Waals surface area contributed by atoms with Crippen molar-refractivity contribution in [3.63, 3.8) is 0 Å². The molecule has 2 aromatic rings. The van der Waals surface area contributed by atoms with Crippen LogP contribution in [0.15, 0.2) is 29.1 Å². The van der Waals surface area contributed by atoms with Crippen LogP contribution < -0.4 is 15.9 Å². The minimum absolute atomic E-state index is 0.0863. The van der Waals surface area contributed by atoms with Crippen molar-refractivity contribution in [1.82, 2.24) is 9.88 Å². The van der Waals surface area contributed by atoms with Crippen molar-refractivity contribution in [2.75, 3.05) is 12.4 Å². The van der Waals surface area contributed by atoms with Crippen LogP contribution >= 0.6 is 0 Å². The Morgan fingerprint density at radius 2 is 2.07 bits per heavy atom. The molecule has 0 radical (unpaired) electrons. The molecule has 2 amide bonds. The first-order valence-electron chi connectivity index (χ1n) is 8.70. The van der Waals surface area contributed by atoms with E-state index in [0.717, 1.165) is 38.3 Å². The van der Waals surface area contributed by atoms with Crippen LogP contribution in [0, 0.1) is 0 Å². The molecule has 1 aromatic carbocycles. The molecule has 3 N–H and O–H groups in total. The number of allylic oxidation sites excluding steroid dienone is 2. The zero-order valence-electron chi connectivity index (χ0n) is 14.3. The maximum absolute atomic E-state index is 13.0. The Hall–Kier alpha value is -3.61. The van der Waals surface area contributed by atoms with Crippen LogP contribution in [-0.2, 0) is 6.42 Å². The third kappa shape index (κ3) is 1.60. The Morgan fingerprint density at radius 3 is 2.93 bits per heavy atom. The molecule has 1 unspecified atom stereocenters. The number of carbonyl (C=O) groups excluding carboxylic acids is 2. The predicted molar refractivity (Wildman–Crippen MR) is 101 cm³/mol. The van der Waals surface area contributed by atoms with E-state index >= 15 is 0 Å². The number of anilines is 1. The molecule has 1 aromatic heterocycles. The molecule has 3 aliphatic heterocycles. The molecule has 7 nitrogen and oxygen atoms in total. The second-order valence-corrected chi connectivity index (χ2v) is 7.11. The number of imide groups is 1. The van der Waals surface area contributed by atoms with E-state index in [-0.39, 0.29) is 23.6 Å². The maximum Gasteiger partial charge on any atom is 0.262 e. The standard InChI is InChI=1S/C20H14N4O3/c1-24-19(26)15-13-9-3-2-8(25)6-12(9)23-17(13)18-14(16(15)20(24)27)10-7-21-5-4-11(10)22-18/h2,4-7,11,22-23,25H,3H2,1H3. The lowest BCUT2D eigenvalue weighted by Crippen LogP contribution is -2.26. The molecule has 4 aliphatic rings. The number of H-pyrrole nitrogens is 1. The van der Waals surface area contributed by atoms with Crippen molar-refractivity contribution in [3.8, 4) is 0 Å². The van der Waals surface area contributed by atoms with Crippen LogP contribution in [0.1, 0.15) is 26.3 Å². The number of aliphatic hydroxyl groups is 1. The SMILES string of the molecule is CN1C(=O)c2c(c3c4c([nH]c3c3c2=C2C=NC=CC2N3)=CC(O)=CC4)C1=O. The number of benzene rings is 1. The van der Waals surface area contributed by atoms with Crippen molar-refractivity contribution < 1.29 is 14.7 Å². The first-order valence-corrected chi connectivity index (χ1v) is 8.70. The van der Waals surface area contributed by atoms with Crippen LogP contribution in [0.4, 0.5) is 5.69 Å². The number of aromatic amines is 1. The summed E-state index contributed by atoms with van der Waals surface area (Å²) in [6.07, 6.45) is 9.25. The van der Waals surface area contributed by atoms with Gasteiger partial charge in [-0.1, -0.05) is 0 Å². The predicted octanol–water partition coefficient (Wildman–Crippen LogP) is 0.715. The summed E-state index contributed by atoms with van der Waals surface area (Å²) in [6.45, 7) is 0. The van der Waals surface area contributed by atoms with Gasteiger partial charge in [-0.3, -0.25) is 19.5 Å². The molecule has 1 aliphatic carbocycles. The third-order valence-corrected chi connectivity index (χ3v) is 5.73. The van der Waals surface area contributed by atoms with Gasteiger partial charge < -0.3 is 15.4 Å². The first kappa shape index (κ1) is 14.5. The van der Waals surface area contributed by atoms with Crippen LogP contribution in [0.2, 0.25) is 0 Å². The molecule has 27 heavy (non-hydrogen) atoms. The van der Waals surface area contributed by atoms with Gasteiger partial charge in [-0.2, -0.15) is 0 Å². The van der Waals surface area contributed by atoms with Gasteiger partial charge in [0.1, 0.15) is 5.76 Å². The van der Waals surface area contributed by atoms with Gasteiger partial charge in [-0.05, 0) is 24.1 Å². The summed E-state index contributed by atoms with van der Waals surface area (Å²) < 4.78 is 0. The van der Waals surface area contributed by atoms with E-state index in [1.807, 2.05) is 6.08 Å². The fraction of sp³-hybridized carbons (Fsp3) is 0.150. The number of fused-ring (bicyclic) bond motifs is 9. The second-order valence-electron chi connectivity index (χ2n) is 7.11. The number of aromatic nitrogens is 1. The normalized spacial score (nSPS) is 21.7. The molecule has 0 bridgehead atoms. The van der Waals surface area contributed by atoms with Crippen molar-refractivity contribution in [1.29, 1.82) is 0 Å². The fourth-order valence-corrected chi connectivity index (χ4v) is 4.50. The number of nitrogens with zero attached hydrogens (tertiary/aromatic N) is 2. The number of carbonyl (C=O) groups is 2. The number of hydrogen-bond acceptors (Lipinski definition) is 5. The number of rotatable bonds is 0. The molecule has 0 saturated heterocycles. The highest BCUT2D eigenvalue weighted by Crippen LogP contribution is 2.36. The van der Waals surface area contributed by atoms with Crippen molar-refractivity contribution in [2.45, 2.75) is 12.5 Å². The van der Waals surface area contributed by atoms with Gasteiger partial charge in [-0.25, -0.2) is 0 Å². The van der Waals surface area contributed by atoms with Gasteiger partial charge in [0.25, 0.3) is 11.8 Å². The number of amides is 2. The summed E-state index contributed by atoms with van der Waals surface area (Å²) in [7, 11) is 1.51. The fourth-order valence-electron chi connectivity index (χ4n) is 4.50. The minimum atomic E-state index is -0.296. The Kier molecular flexibility index (Phi) is 2.46. The highest BCUT2D eigenvalue weighted by atomic mass is 16.3. The highest BCUT2D eigenvalue weighted by Gasteiger charge is 2.41. The van der Waals surface area contributed by atoms with Gasteiger partial charge in [0.2, 0.25) is 0 Å². The summed E-state index contributed by atoms with van der Waals surface area (Å²) in [4.78, 5) is 34.7. The molecule has 0 saturated carbocycles. The minimum Gasteiger partial charge on any atom is -0.508 e. The quantitative estimate of drug-likeness (QED) is 0.605. The highest BCUT2D eigenvalue weighted by molar-refractivity contribution is 6.30. The van der Waals surface area contributed by atoms with Crippen LogP contribution in [0.5, 0.6) is 0 Å². The Bertz CT molecular complexity index is 1340. The van der Waals surface area contributed by atoms with Gasteiger partial charge in [0.05, 0.1) is 28.4 Å². The summed E-state index contributed by atoms with van der Waals surface area (Å²) in [6, 6.07) is -0.0863. The Morgan fingerprint density at radius 1 is 1.26 bits per heavy atom. The summed E-state index contributed by atoms with van der Waals surface area (Å²) in [5, 5.41) is 15.6. The first-order chi connectivity index (χ1) is 13.1. The van der Waals surface area contributed by atoms with E-state index in [2.05, 4.69) is 15.3 Å². The van der Waals surface area contributed by atoms with Gasteiger partial charge in [0.15, 0.2) is 0 Å². The van der Waals surface area contributed by atoms with Crippen LogP contribution in [0.25, 0.3) is 22.6 Å². The molecule has 0 fully saturated rings. The van der Waals surface area contributed by atoms with E-state index in [0.29, 0.717) is 17.5 Å². The zero-order valence-corrected chi connectivity index (χ0v) is 14.3. The lowest BCUT2D eigenvalue weighted by atomic mass is 9.94. The monoisotopic (exact) mass is 358 g/mol. The van der Waals surface area contributed by atoms with Crippen LogP contribution in [-0.4, -0.2) is 46.1 Å². The van der Waals surface area contributed by atoms with E-state index in [1.165, 1.54) is 11.9 Å². The smallest absolute Gasteiger partial charge is 0.262 e. The molecule has 6 rings (SSSR count). The average Bonchev–Trinajstić information content (AvgIpc) is 3.28. The molecule has 4 heterocycles. The van der Waals surface area contributed by atoms with Gasteiger partial charge >= 0.3 is 0 Å². The largest absolute Gasteiger partial charge is 0.508 e. The average molecular weight is 358 g/mol. The van der Waals surface area contributed by atoms with Crippen LogP contribution in [0.3, 0.4) is 0 Å². The topological polar surface area (TPSA) is 97.8 Å². The van der Waals surface area contributed by atoms with Gasteiger partial charge in [-0.15, -0.1) is 0 Å². The summed E-state index contributed by atoms with van der Waals surface area (Å²) in [5.74, 6) is -0.400. The van der Waals surface area contributed by atoms with E-state index < -0.39 is 0 Å². The van der Waals surface area contributed by atoms with Crippen molar-refractivity contribution in [2.24, 2.45) is 4.99 Å². The number of hydrogen-bond donors (Lipinski definition) is 3. The third-order valence-electron chi connectivity index (χ3n) is 5.73. The lowest BCUT2D eigenvalue weighted by Gasteiger charge is -2.11. The molecule has 7 heteroatoms. The Balaban J connectivity index is 1.87. The van der Waals surface area contributed by atoms with Gasteiger partial charge in [0, 0.05) is 47.1 Å². The number of aliphatic hydroxyl groups excluding tert-OH is 1. The van der Waals surface area contributed by atoms with Crippen molar-refractivity contribution >= 4 is 46.3 Å².